The van der Waals surface area contributed by atoms with Gasteiger partial charge in [0, 0.05) is 14.9 Å². The van der Waals surface area contributed by atoms with Crippen molar-refractivity contribution in [2.24, 2.45) is 0 Å². The number of halogens is 2. The molecule has 0 aliphatic rings. The van der Waals surface area contributed by atoms with E-state index in [9.17, 15) is 9.18 Å². The number of esters is 1. The van der Waals surface area contributed by atoms with E-state index in [1.54, 1.807) is 0 Å². The van der Waals surface area contributed by atoms with Gasteiger partial charge in [0.2, 0.25) is 0 Å². The summed E-state index contributed by atoms with van der Waals surface area (Å²) in [7, 11) is 7.39. The largest absolute Gasteiger partial charge is 0.468 e. The molecule has 8 heteroatoms. The number of hydrogen-bond acceptors (Lipinski definition) is 3. The maximum atomic E-state index is 13.6. The second-order valence-corrected chi connectivity index (χ2v) is 9.52. The van der Waals surface area contributed by atoms with Crippen LogP contribution in [0.2, 0.25) is 0 Å². The lowest BCUT2D eigenvalue weighted by Gasteiger charge is -2.08. The highest BCUT2D eigenvalue weighted by atomic mass is 79.9. The molecule has 0 N–H and O–H groups in total. The summed E-state index contributed by atoms with van der Waals surface area (Å²) in [5.41, 5.74) is 0.636. The van der Waals surface area contributed by atoms with E-state index in [1.165, 1.54) is 24.9 Å². The molecule has 0 saturated heterocycles. The zero-order valence-electron chi connectivity index (χ0n) is 10.7. The minimum absolute atomic E-state index is 0.194. The van der Waals surface area contributed by atoms with Crippen LogP contribution < -0.4 is 0 Å². The van der Waals surface area contributed by atoms with E-state index in [0.717, 1.165) is 12.9 Å². The molecule has 108 valence electrons. The van der Waals surface area contributed by atoms with Crippen LogP contribution in [0.4, 0.5) is 4.39 Å². The molecule has 0 spiro atoms. The highest BCUT2D eigenvalue weighted by molar-refractivity contribution is 9.10. The summed E-state index contributed by atoms with van der Waals surface area (Å²) in [6.07, 6.45) is 0.600. The number of methoxy groups -OCH3 is 1. The summed E-state index contributed by atoms with van der Waals surface area (Å²) in [5.74, 6) is -0.365. The lowest BCUT2D eigenvalue weighted by Crippen LogP contribution is -2.04. The number of benzene rings is 1. The zero-order valence-corrected chi connectivity index (χ0v) is 16.4. The van der Waals surface area contributed by atoms with Gasteiger partial charge in [0.15, 0.2) is 0 Å². The van der Waals surface area contributed by atoms with E-state index >= 15 is 0 Å². The van der Waals surface area contributed by atoms with Gasteiger partial charge in [-0.15, -0.1) is 29.6 Å². The predicted molar refractivity (Wildman–Crippen MR) is 94.0 cm³/mol. The van der Waals surface area contributed by atoms with Crippen LogP contribution in [0.15, 0.2) is 21.5 Å². The number of carbonyl (C=O) groups excluding carboxylic acids is 1. The van der Waals surface area contributed by atoms with Gasteiger partial charge in [-0.25, -0.2) is 4.39 Å². The number of thioether (sulfide) groups is 1. The molecule has 2 nitrogen and oxygen atoms in total. The highest BCUT2D eigenvalue weighted by Crippen LogP contribution is 2.29. The van der Waals surface area contributed by atoms with Crippen molar-refractivity contribution in [3.05, 3.63) is 28.0 Å². The monoisotopic (exact) mass is 404 g/mol. The molecule has 0 radical (unpaired) electrons. The number of carbonyl (C=O) groups is 1. The Morgan fingerprint density at radius 1 is 1.53 bits per heavy atom. The van der Waals surface area contributed by atoms with E-state index in [0.29, 0.717) is 16.5 Å². The van der Waals surface area contributed by atoms with Gasteiger partial charge >= 0.3 is 5.97 Å². The maximum Gasteiger partial charge on any atom is 0.315 e. The van der Waals surface area contributed by atoms with Crippen molar-refractivity contribution in [1.29, 1.82) is 0 Å². The van der Waals surface area contributed by atoms with Gasteiger partial charge in [0.25, 0.3) is 0 Å². The molecule has 2 unspecified atom stereocenters. The van der Waals surface area contributed by atoms with E-state index in [4.69, 9.17) is 0 Å². The molecule has 0 amide bonds. The molecule has 0 aliphatic heterocycles. The smallest absolute Gasteiger partial charge is 0.315 e. The Morgan fingerprint density at radius 3 is 2.58 bits per heavy atom. The van der Waals surface area contributed by atoms with Crippen LogP contribution in [0.3, 0.4) is 0 Å². The number of rotatable bonds is 4. The van der Waals surface area contributed by atoms with Gasteiger partial charge in [-0.2, -0.15) is 0 Å². The first-order valence-electron chi connectivity index (χ1n) is 5.33. The fourth-order valence-corrected chi connectivity index (χ4v) is 2.85. The van der Waals surface area contributed by atoms with Crippen molar-refractivity contribution in [3.63, 3.8) is 0 Å². The molecule has 0 aliphatic carbocycles. The van der Waals surface area contributed by atoms with Gasteiger partial charge in [-0.05, 0) is 18.6 Å². The van der Waals surface area contributed by atoms with E-state index < -0.39 is 0 Å². The number of hydrogen-bond donors (Lipinski definition) is 0. The molecular formula is C11H17BrFO2P3S. The third-order valence-electron chi connectivity index (χ3n) is 2.05. The molecule has 1 aromatic carbocycles. The van der Waals surface area contributed by atoms with E-state index in [1.807, 2.05) is 13.0 Å². The summed E-state index contributed by atoms with van der Waals surface area (Å²) >= 11 is 4.52. The molecule has 1 rings (SSSR count). The Bertz CT molecular complexity index is 421. The summed E-state index contributed by atoms with van der Waals surface area (Å²) in [4.78, 5) is 11.8. The van der Waals surface area contributed by atoms with Crippen molar-refractivity contribution in [1.82, 2.24) is 0 Å². The SMILES string of the molecule is CCc1c(F)cc(Br)cc1SCC(=O)OC.PPP. The summed E-state index contributed by atoms with van der Waals surface area (Å²) < 4.78 is 18.8. The van der Waals surface area contributed by atoms with Crippen LogP contribution in [0.1, 0.15) is 12.5 Å². The van der Waals surface area contributed by atoms with Crippen molar-refractivity contribution in [2.75, 3.05) is 12.9 Å². The first-order valence-corrected chi connectivity index (χ1v) is 11.7. The minimum Gasteiger partial charge on any atom is -0.468 e. The number of ether oxygens (including phenoxy) is 1. The van der Waals surface area contributed by atoms with Crippen LogP contribution in [-0.4, -0.2) is 18.8 Å². The molecule has 1 aromatic rings. The van der Waals surface area contributed by atoms with Crippen LogP contribution in [0.25, 0.3) is 0 Å². The Hall–Kier alpha value is 0.740. The second-order valence-electron chi connectivity index (χ2n) is 3.25. The Balaban J connectivity index is 0.000000982. The van der Waals surface area contributed by atoms with E-state index in [-0.39, 0.29) is 17.5 Å². The van der Waals surface area contributed by atoms with Gasteiger partial charge in [-0.3, -0.25) is 4.79 Å². The zero-order chi connectivity index (χ0) is 14.8. The minimum atomic E-state index is -0.313. The van der Waals surface area contributed by atoms with Crippen LogP contribution in [0.5, 0.6) is 0 Å². The first kappa shape index (κ1) is 19.7. The van der Waals surface area contributed by atoms with Crippen molar-refractivity contribution < 1.29 is 13.9 Å². The van der Waals surface area contributed by atoms with Gasteiger partial charge < -0.3 is 4.74 Å². The molecule has 19 heavy (non-hydrogen) atoms. The quantitative estimate of drug-likeness (QED) is 0.414. The fraction of sp³-hybridized carbons (Fsp3) is 0.364. The first-order chi connectivity index (χ1) is 8.99. The van der Waals surface area contributed by atoms with E-state index in [2.05, 4.69) is 38.5 Å². The highest BCUT2D eigenvalue weighted by Gasteiger charge is 2.11. The maximum absolute atomic E-state index is 13.6. The molecule has 0 heterocycles. The molecule has 0 fully saturated rings. The van der Waals surface area contributed by atoms with Gasteiger partial charge in [-0.1, -0.05) is 30.8 Å². The molecule has 0 bridgehead atoms. The lowest BCUT2D eigenvalue weighted by molar-refractivity contribution is -0.137. The van der Waals surface area contributed by atoms with Crippen molar-refractivity contribution in [2.45, 2.75) is 18.2 Å². The van der Waals surface area contributed by atoms with Crippen LogP contribution in [-0.2, 0) is 16.0 Å². The summed E-state index contributed by atoms with van der Waals surface area (Å²) in [6, 6.07) is 3.25. The van der Waals surface area contributed by atoms with Crippen LogP contribution in [0, 0.1) is 5.82 Å². The van der Waals surface area contributed by atoms with Gasteiger partial charge in [0.05, 0.1) is 12.9 Å². The third-order valence-corrected chi connectivity index (χ3v) is 3.56. The Kier molecular flexibility index (Phi) is 11.8. The second kappa shape index (κ2) is 11.4. The van der Waals surface area contributed by atoms with Crippen molar-refractivity contribution >= 4 is 59.5 Å². The van der Waals surface area contributed by atoms with Gasteiger partial charge in [0.1, 0.15) is 5.82 Å². The predicted octanol–water partition coefficient (Wildman–Crippen LogP) is 4.66. The normalized spacial score (nSPS) is 9.58. The standard InChI is InChI=1S/C11H12BrFO2S.H5P3/c1-3-8-9(13)4-7(12)5-10(8)16-6-11(14)15-2;1-3-2/h4-5H,3,6H2,1-2H3;3H,1-2H2. The van der Waals surface area contributed by atoms with Crippen LogP contribution >= 0.6 is 53.5 Å². The molecule has 2 atom stereocenters. The molecule has 0 aromatic heterocycles. The topological polar surface area (TPSA) is 26.3 Å². The fourth-order valence-electron chi connectivity index (χ4n) is 1.25. The summed E-state index contributed by atoms with van der Waals surface area (Å²) in [6.45, 7) is 1.88. The average Bonchev–Trinajstić information content (AvgIpc) is 2.36. The Morgan fingerprint density at radius 2 is 2.11 bits per heavy atom. The Labute approximate surface area is 132 Å². The average molecular weight is 405 g/mol. The third kappa shape index (κ3) is 7.93. The summed E-state index contributed by atoms with van der Waals surface area (Å²) in [5, 5.41) is 0. The molecular weight excluding hydrogens is 388 g/mol. The van der Waals surface area contributed by atoms with Crippen molar-refractivity contribution in [3.8, 4) is 0 Å². The lowest BCUT2D eigenvalue weighted by atomic mass is 10.1. The molecule has 0 saturated carbocycles.